The number of benzene rings is 1. The van der Waals surface area contributed by atoms with E-state index in [1.165, 1.54) is 13.2 Å². The molecule has 0 atom stereocenters. The lowest BCUT2D eigenvalue weighted by atomic mass is 9.99. The van der Waals surface area contributed by atoms with Gasteiger partial charge in [-0.05, 0) is 54.3 Å². The van der Waals surface area contributed by atoms with Crippen LogP contribution >= 0.6 is 11.8 Å². The summed E-state index contributed by atoms with van der Waals surface area (Å²) >= 11 is 0.808. The summed E-state index contributed by atoms with van der Waals surface area (Å²) in [5, 5.41) is 9.20. The molecule has 0 spiro atoms. The molecule has 0 aliphatic carbocycles. The molecule has 2 aliphatic rings. The van der Waals surface area contributed by atoms with Crippen LogP contribution < -0.4 is 4.74 Å². The number of nitrogens with zero attached hydrogens (tertiary/aromatic N) is 2. The smallest absolute Gasteiger partial charge is 0.294 e. The lowest BCUT2D eigenvalue weighted by Gasteiger charge is -2.31. The molecule has 0 aromatic heterocycles. The quantitative estimate of drug-likeness (QED) is 0.796. The molecular formula is C19H22N2O5S. The molecule has 2 heterocycles. The molecule has 1 N–H and O–H groups in total. The fraction of sp³-hybridized carbons (Fsp3) is 0.421. The molecule has 2 saturated heterocycles. The monoisotopic (exact) mass is 390 g/mol. The number of phenols is 1. The highest BCUT2D eigenvalue weighted by Gasteiger charge is 2.37. The van der Waals surface area contributed by atoms with Gasteiger partial charge in [-0.3, -0.25) is 19.3 Å². The van der Waals surface area contributed by atoms with Crippen LogP contribution in [0.15, 0.2) is 23.1 Å². The fourth-order valence-electron chi connectivity index (χ4n) is 3.06. The van der Waals surface area contributed by atoms with Gasteiger partial charge in [0.1, 0.15) is 6.54 Å². The number of aromatic hydroxyl groups is 1. The van der Waals surface area contributed by atoms with Crippen LogP contribution in [0.5, 0.6) is 11.5 Å². The molecule has 1 aromatic rings. The molecule has 0 radical (unpaired) electrons. The SMILES string of the molecule is COc1cc(/C=C2/SC(=O)N(CC(=O)N3CCC(C)CC3)C2=O)ccc1O. The number of piperidine rings is 1. The normalized spacial score (nSPS) is 19.9. The lowest BCUT2D eigenvalue weighted by molar-refractivity contribution is -0.136. The van der Waals surface area contributed by atoms with E-state index in [9.17, 15) is 19.5 Å². The third-order valence-electron chi connectivity index (χ3n) is 4.80. The number of carbonyl (C=O) groups excluding carboxylic acids is 3. The van der Waals surface area contributed by atoms with Crippen LogP contribution in [0.1, 0.15) is 25.3 Å². The number of hydrogen-bond acceptors (Lipinski definition) is 6. The van der Waals surface area contributed by atoms with Gasteiger partial charge in [-0.25, -0.2) is 0 Å². The van der Waals surface area contributed by atoms with Gasteiger partial charge in [0, 0.05) is 13.1 Å². The first-order chi connectivity index (χ1) is 12.9. The van der Waals surface area contributed by atoms with Gasteiger partial charge in [0.05, 0.1) is 12.0 Å². The van der Waals surface area contributed by atoms with Crippen molar-refractivity contribution in [2.75, 3.05) is 26.7 Å². The van der Waals surface area contributed by atoms with E-state index in [0.717, 1.165) is 29.5 Å². The van der Waals surface area contributed by atoms with Crippen molar-refractivity contribution >= 4 is 34.9 Å². The number of likely N-dealkylation sites (tertiary alicyclic amines) is 1. The number of methoxy groups -OCH3 is 1. The predicted molar refractivity (Wildman–Crippen MR) is 102 cm³/mol. The Kier molecular flexibility index (Phi) is 5.74. The van der Waals surface area contributed by atoms with Crippen molar-refractivity contribution in [2.45, 2.75) is 19.8 Å². The Balaban J connectivity index is 1.70. The van der Waals surface area contributed by atoms with E-state index in [0.29, 0.717) is 24.6 Å². The molecule has 2 fully saturated rings. The van der Waals surface area contributed by atoms with Crippen LogP contribution in [0.4, 0.5) is 4.79 Å². The molecule has 144 valence electrons. The number of amides is 3. The minimum Gasteiger partial charge on any atom is -0.504 e. The van der Waals surface area contributed by atoms with E-state index in [1.807, 2.05) is 0 Å². The van der Waals surface area contributed by atoms with Gasteiger partial charge >= 0.3 is 0 Å². The molecule has 8 heteroatoms. The molecule has 0 bridgehead atoms. The standard InChI is InChI=1S/C19H22N2O5S/c1-12-5-7-20(8-6-12)17(23)11-21-18(24)16(27-19(21)25)10-13-3-4-14(22)15(9-13)26-2/h3-4,9-10,12,22H,5-8,11H2,1-2H3/b16-10+. The molecule has 3 rings (SSSR count). The molecule has 0 unspecified atom stereocenters. The van der Waals surface area contributed by atoms with Gasteiger partial charge in [-0.15, -0.1) is 0 Å². The Morgan fingerprint density at radius 2 is 2.04 bits per heavy atom. The van der Waals surface area contributed by atoms with E-state index in [2.05, 4.69) is 6.92 Å². The summed E-state index contributed by atoms with van der Waals surface area (Å²) < 4.78 is 5.05. The van der Waals surface area contributed by atoms with Crippen LogP contribution in [-0.4, -0.2) is 58.7 Å². The summed E-state index contributed by atoms with van der Waals surface area (Å²) in [4.78, 5) is 40.2. The Bertz CT molecular complexity index is 799. The first kappa shape index (κ1) is 19.3. The molecule has 7 nitrogen and oxygen atoms in total. The highest BCUT2D eigenvalue weighted by Crippen LogP contribution is 2.34. The zero-order chi connectivity index (χ0) is 19.6. The van der Waals surface area contributed by atoms with Crippen molar-refractivity contribution in [1.29, 1.82) is 0 Å². The van der Waals surface area contributed by atoms with E-state index in [-0.39, 0.29) is 28.9 Å². The summed E-state index contributed by atoms with van der Waals surface area (Å²) in [7, 11) is 1.43. The first-order valence-corrected chi connectivity index (χ1v) is 9.61. The fourth-order valence-corrected chi connectivity index (χ4v) is 3.90. The third kappa shape index (κ3) is 4.27. The Hall–Kier alpha value is -2.48. The number of phenolic OH excluding ortho intramolecular Hbond substituents is 1. The van der Waals surface area contributed by atoms with Crippen LogP contribution in [0, 0.1) is 5.92 Å². The zero-order valence-corrected chi connectivity index (χ0v) is 16.1. The van der Waals surface area contributed by atoms with Crippen LogP contribution in [0.2, 0.25) is 0 Å². The minimum absolute atomic E-state index is 0.01000. The van der Waals surface area contributed by atoms with Gasteiger partial charge in [-0.1, -0.05) is 13.0 Å². The number of carbonyl (C=O) groups is 3. The second kappa shape index (κ2) is 8.04. The van der Waals surface area contributed by atoms with Gasteiger partial charge in [0.15, 0.2) is 11.5 Å². The number of ether oxygens (including phenoxy) is 1. The highest BCUT2D eigenvalue weighted by atomic mass is 32.2. The number of thioether (sulfide) groups is 1. The largest absolute Gasteiger partial charge is 0.504 e. The molecular weight excluding hydrogens is 368 g/mol. The molecule has 27 heavy (non-hydrogen) atoms. The van der Waals surface area contributed by atoms with Crippen molar-refractivity contribution in [3.8, 4) is 11.5 Å². The molecule has 3 amide bonds. The van der Waals surface area contributed by atoms with Crippen molar-refractivity contribution in [3.05, 3.63) is 28.7 Å². The number of hydrogen-bond donors (Lipinski definition) is 1. The summed E-state index contributed by atoms with van der Waals surface area (Å²) in [5.41, 5.74) is 0.617. The maximum absolute atomic E-state index is 12.6. The average Bonchev–Trinajstić information content (AvgIpc) is 2.91. The van der Waals surface area contributed by atoms with Crippen LogP contribution in [0.3, 0.4) is 0 Å². The van der Waals surface area contributed by atoms with Crippen molar-refractivity contribution < 1.29 is 24.2 Å². The van der Waals surface area contributed by atoms with Gasteiger partial charge in [0.25, 0.3) is 11.1 Å². The lowest BCUT2D eigenvalue weighted by Crippen LogP contribution is -2.45. The minimum atomic E-state index is -0.476. The molecule has 0 saturated carbocycles. The van der Waals surface area contributed by atoms with Gasteiger partial charge in [-0.2, -0.15) is 0 Å². The summed E-state index contributed by atoms with van der Waals surface area (Å²) in [6, 6.07) is 4.64. The first-order valence-electron chi connectivity index (χ1n) is 8.79. The van der Waals surface area contributed by atoms with E-state index >= 15 is 0 Å². The second-order valence-electron chi connectivity index (χ2n) is 6.76. The summed E-state index contributed by atoms with van der Waals surface area (Å²) in [6.45, 7) is 3.26. The van der Waals surface area contributed by atoms with E-state index in [4.69, 9.17) is 4.74 Å². The third-order valence-corrected chi connectivity index (χ3v) is 5.71. The number of rotatable bonds is 4. The average molecular weight is 390 g/mol. The Morgan fingerprint density at radius 3 is 2.70 bits per heavy atom. The van der Waals surface area contributed by atoms with Gasteiger partial charge in [0.2, 0.25) is 5.91 Å². The summed E-state index contributed by atoms with van der Waals surface area (Å²) in [6.07, 6.45) is 3.44. The van der Waals surface area contributed by atoms with Crippen molar-refractivity contribution in [2.24, 2.45) is 5.92 Å². The maximum atomic E-state index is 12.6. The predicted octanol–water partition coefficient (Wildman–Crippen LogP) is 2.70. The Morgan fingerprint density at radius 1 is 1.33 bits per heavy atom. The maximum Gasteiger partial charge on any atom is 0.294 e. The van der Waals surface area contributed by atoms with E-state index < -0.39 is 11.1 Å². The number of imide groups is 1. The Labute approximate surface area is 162 Å². The van der Waals surface area contributed by atoms with Crippen molar-refractivity contribution in [1.82, 2.24) is 9.80 Å². The molecule has 1 aromatic carbocycles. The molecule has 2 aliphatic heterocycles. The zero-order valence-electron chi connectivity index (χ0n) is 15.3. The van der Waals surface area contributed by atoms with Crippen LogP contribution in [0.25, 0.3) is 6.08 Å². The highest BCUT2D eigenvalue weighted by molar-refractivity contribution is 8.18. The second-order valence-corrected chi connectivity index (χ2v) is 7.76. The topological polar surface area (TPSA) is 87.2 Å². The van der Waals surface area contributed by atoms with E-state index in [1.54, 1.807) is 23.1 Å². The van der Waals surface area contributed by atoms with Crippen molar-refractivity contribution in [3.63, 3.8) is 0 Å². The van der Waals surface area contributed by atoms with Crippen LogP contribution in [-0.2, 0) is 9.59 Å². The van der Waals surface area contributed by atoms with Gasteiger partial charge < -0.3 is 14.7 Å². The summed E-state index contributed by atoms with van der Waals surface area (Å²) in [5.74, 6) is 0.186.